The Morgan fingerprint density at radius 3 is 2.25 bits per heavy atom. The second-order valence-corrected chi connectivity index (χ2v) is 2.39. The van der Waals surface area contributed by atoms with Gasteiger partial charge in [-0.15, -0.1) is 0 Å². The predicted molar refractivity (Wildman–Crippen MR) is 40.0 cm³/mol. The molecule has 1 fully saturated rings. The fourth-order valence-electron chi connectivity index (χ4n) is 0.475. The molecule has 0 amide bonds. The van der Waals surface area contributed by atoms with E-state index in [0.29, 0.717) is 13.0 Å². The Labute approximate surface area is 70.8 Å². The first-order valence-electron chi connectivity index (χ1n) is 3.56. The normalized spacial score (nSPS) is 14.2. The lowest BCUT2D eigenvalue weighted by molar-refractivity contribution is -0.299. The van der Waals surface area contributed by atoms with Crippen LogP contribution in [0.2, 0.25) is 0 Å². The van der Waals surface area contributed by atoms with Gasteiger partial charge in [0.25, 0.3) is 0 Å². The third-order valence-corrected chi connectivity index (χ3v) is 1.14. The number of aliphatic carboxylic acids is 1. The Morgan fingerprint density at radius 1 is 1.67 bits per heavy atom. The fourth-order valence-corrected chi connectivity index (χ4v) is 0.475. The molecule has 0 unspecified atom stereocenters. The smallest absolute Gasteiger partial charge is 0.305 e. The molecule has 1 rings (SSSR count). The zero-order valence-electron chi connectivity index (χ0n) is 6.96. The zero-order valence-corrected chi connectivity index (χ0v) is 6.96. The first-order valence-corrected chi connectivity index (χ1v) is 3.56. The lowest BCUT2D eigenvalue weighted by Gasteiger charge is -1.93. The molecule has 4 nitrogen and oxygen atoms in total. The van der Waals surface area contributed by atoms with Crippen molar-refractivity contribution in [1.29, 1.82) is 0 Å². The molecule has 0 atom stereocenters. The number of esters is 1. The van der Waals surface area contributed by atoms with Crippen LogP contribution in [0.25, 0.3) is 0 Å². The van der Waals surface area contributed by atoms with Crippen LogP contribution in [-0.4, -0.2) is 18.5 Å². The van der Waals surface area contributed by atoms with Gasteiger partial charge in [0.15, 0.2) is 0 Å². The van der Waals surface area contributed by atoms with Gasteiger partial charge in [-0.25, -0.2) is 0 Å². The van der Waals surface area contributed by atoms with Crippen LogP contribution in [0, 0.1) is 0 Å². The number of carbonyl (C=O) groups excluding carboxylic acids is 2. The molecule has 1 aliphatic heterocycles. The number of rotatable bonds is 1. The maximum Gasteiger partial charge on any atom is 0.305 e. The van der Waals surface area contributed by atoms with Gasteiger partial charge in [0.2, 0.25) is 0 Å². The topological polar surface area (TPSA) is 66.4 Å². The summed E-state index contributed by atoms with van der Waals surface area (Å²) in [5.74, 6) is -1.23. The number of hydrogen-bond acceptors (Lipinski definition) is 4. The first-order chi connectivity index (χ1) is 5.54. The first kappa shape index (κ1) is 10.7. The number of carboxylic acids is 1. The highest BCUT2D eigenvalue weighted by molar-refractivity contribution is 5.82. The molecule has 12 heavy (non-hydrogen) atoms. The van der Waals surface area contributed by atoms with Crippen LogP contribution in [0.1, 0.15) is 19.8 Å². The van der Waals surface area contributed by atoms with Crippen LogP contribution < -0.4 is 5.11 Å². The average molecular weight is 171 g/mol. The van der Waals surface area contributed by atoms with Crippen molar-refractivity contribution in [3.05, 3.63) is 12.2 Å². The molecule has 0 aromatic rings. The number of cyclic esters (lactones) is 1. The van der Waals surface area contributed by atoms with E-state index in [4.69, 9.17) is 0 Å². The van der Waals surface area contributed by atoms with Crippen LogP contribution >= 0.6 is 0 Å². The Kier molecular flexibility index (Phi) is 4.76. The van der Waals surface area contributed by atoms with Crippen molar-refractivity contribution in [1.82, 2.24) is 0 Å². The summed E-state index contributed by atoms with van der Waals surface area (Å²) < 4.78 is 4.51. The molecule has 0 bridgehead atoms. The molecule has 68 valence electrons. The lowest BCUT2D eigenvalue weighted by atomic mass is 10.4. The monoisotopic (exact) mass is 171 g/mol. The van der Waals surface area contributed by atoms with Crippen molar-refractivity contribution in [2.45, 2.75) is 19.8 Å². The summed E-state index contributed by atoms with van der Waals surface area (Å²) in [5, 5.41) is 9.49. The van der Waals surface area contributed by atoms with E-state index < -0.39 is 5.97 Å². The van der Waals surface area contributed by atoms with E-state index in [2.05, 4.69) is 11.3 Å². The molecular weight excluding hydrogens is 160 g/mol. The molecule has 0 aliphatic carbocycles. The molecular formula is C8H11O4-. The second-order valence-electron chi connectivity index (χ2n) is 2.39. The highest BCUT2D eigenvalue weighted by atomic mass is 16.5. The molecule has 0 saturated carbocycles. The van der Waals surface area contributed by atoms with E-state index in [1.807, 2.05) is 0 Å². The molecule has 1 heterocycles. The number of ether oxygens (including phenoxy) is 1. The summed E-state index contributed by atoms with van der Waals surface area (Å²) in [5.41, 5.74) is 0.0648. The maximum atomic E-state index is 10.0. The Morgan fingerprint density at radius 2 is 2.17 bits per heavy atom. The van der Waals surface area contributed by atoms with E-state index in [9.17, 15) is 14.7 Å². The molecule has 0 radical (unpaired) electrons. The van der Waals surface area contributed by atoms with Gasteiger partial charge in [-0.3, -0.25) is 4.79 Å². The lowest BCUT2D eigenvalue weighted by Crippen LogP contribution is -2.22. The van der Waals surface area contributed by atoms with Gasteiger partial charge >= 0.3 is 5.97 Å². The molecule has 0 aromatic carbocycles. The molecule has 0 aromatic heterocycles. The summed E-state index contributed by atoms with van der Waals surface area (Å²) in [6, 6.07) is 0. The van der Waals surface area contributed by atoms with Crippen LogP contribution in [0.15, 0.2) is 12.2 Å². The number of carboxylic acid groups (broad SMARTS) is 1. The maximum absolute atomic E-state index is 10.0. The van der Waals surface area contributed by atoms with E-state index >= 15 is 0 Å². The van der Waals surface area contributed by atoms with Crippen LogP contribution in [-0.2, 0) is 14.3 Å². The third kappa shape index (κ3) is 5.46. The summed E-state index contributed by atoms with van der Waals surface area (Å²) in [7, 11) is 0. The third-order valence-electron chi connectivity index (χ3n) is 1.14. The largest absolute Gasteiger partial charge is 0.545 e. The SMILES string of the molecule is C=C(C)C(=O)[O-].O=C1CCCO1. The minimum Gasteiger partial charge on any atom is -0.545 e. The number of carbonyl (C=O) groups is 2. The minimum atomic E-state index is -1.19. The van der Waals surface area contributed by atoms with Gasteiger partial charge in [0.05, 0.1) is 12.6 Å². The van der Waals surface area contributed by atoms with E-state index in [1.165, 1.54) is 6.92 Å². The molecule has 4 heteroatoms. The molecule has 0 spiro atoms. The predicted octanol–water partition coefficient (Wildman–Crippen LogP) is -0.364. The van der Waals surface area contributed by atoms with Crippen LogP contribution in [0.4, 0.5) is 0 Å². The highest BCUT2D eigenvalue weighted by Crippen LogP contribution is 2.01. The molecule has 1 saturated heterocycles. The van der Waals surface area contributed by atoms with Gasteiger partial charge in [-0.05, 0) is 18.9 Å². The van der Waals surface area contributed by atoms with Crippen molar-refractivity contribution < 1.29 is 19.4 Å². The van der Waals surface area contributed by atoms with Crippen molar-refractivity contribution in [3.8, 4) is 0 Å². The number of hydrogen-bond donors (Lipinski definition) is 0. The Hall–Kier alpha value is -1.32. The van der Waals surface area contributed by atoms with Gasteiger partial charge in [-0.1, -0.05) is 6.58 Å². The Bertz CT molecular complexity index is 175. The average Bonchev–Trinajstić information content (AvgIpc) is 2.40. The van der Waals surface area contributed by atoms with Crippen molar-refractivity contribution in [2.75, 3.05) is 6.61 Å². The van der Waals surface area contributed by atoms with Crippen molar-refractivity contribution in [3.63, 3.8) is 0 Å². The zero-order chi connectivity index (χ0) is 9.56. The quantitative estimate of drug-likeness (QED) is 0.399. The van der Waals surface area contributed by atoms with E-state index in [-0.39, 0.29) is 11.5 Å². The minimum absolute atomic E-state index is 0.0463. The van der Waals surface area contributed by atoms with E-state index in [0.717, 1.165) is 6.42 Å². The fraction of sp³-hybridized carbons (Fsp3) is 0.500. The molecule has 1 aliphatic rings. The van der Waals surface area contributed by atoms with E-state index in [1.54, 1.807) is 0 Å². The second kappa shape index (κ2) is 5.35. The van der Waals surface area contributed by atoms with Gasteiger partial charge in [-0.2, -0.15) is 0 Å². The summed E-state index contributed by atoms with van der Waals surface area (Å²) in [6.07, 6.45) is 1.54. The molecule has 0 N–H and O–H groups in total. The Balaban J connectivity index is 0.000000202. The van der Waals surface area contributed by atoms with Gasteiger partial charge < -0.3 is 14.6 Å². The summed E-state index contributed by atoms with van der Waals surface area (Å²) in [4.78, 5) is 19.5. The van der Waals surface area contributed by atoms with Crippen LogP contribution in [0.3, 0.4) is 0 Å². The van der Waals surface area contributed by atoms with Crippen molar-refractivity contribution >= 4 is 11.9 Å². The van der Waals surface area contributed by atoms with Gasteiger partial charge in [0.1, 0.15) is 0 Å². The summed E-state index contributed by atoms with van der Waals surface area (Å²) >= 11 is 0. The van der Waals surface area contributed by atoms with Gasteiger partial charge in [0, 0.05) is 6.42 Å². The standard InChI is InChI=1S/2C4H6O2/c5-4-2-1-3-6-4;1-3(2)4(5)6/h1-3H2;1H2,2H3,(H,5,6)/p-1. The van der Waals surface area contributed by atoms with Crippen LogP contribution in [0.5, 0.6) is 0 Å². The summed E-state index contributed by atoms with van der Waals surface area (Å²) in [6.45, 7) is 5.11. The van der Waals surface area contributed by atoms with Crippen molar-refractivity contribution in [2.24, 2.45) is 0 Å². The highest BCUT2D eigenvalue weighted by Gasteiger charge is 2.08.